The molecule has 29 heavy (non-hydrogen) atoms. The first-order valence-electron chi connectivity index (χ1n) is 9.11. The van der Waals surface area contributed by atoms with Crippen molar-refractivity contribution < 1.29 is 9.18 Å². The van der Waals surface area contributed by atoms with Gasteiger partial charge in [-0.1, -0.05) is 0 Å². The molecule has 0 aliphatic heterocycles. The Labute approximate surface area is 171 Å². The fraction of sp³-hybridized carbons (Fsp3) is 0.136. The first kappa shape index (κ1) is 19.0. The topological polar surface area (TPSA) is 59.8 Å². The number of pyridine rings is 1. The number of aryl methyl sites for hydroxylation is 1. The number of carbonyl (C=O) groups excluding carboxylic acids is 1. The number of thiazole rings is 1. The van der Waals surface area contributed by atoms with Crippen LogP contribution in [0.15, 0.2) is 60.2 Å². The van der Waals surface area contributed by atoms with Gasteiger partial charge < -0.3 is 9.88 Å². The Kier molecular flexibility index (Phi) is 5.22. The van der Waals surface area contributed by atoms with Gasteiger partial charge in [-0.05, 0) is 56.3 Å². The Morgan fingerprint density at radius 2 is 1.86 bits per heavy atom. The summed E-state index contributed by atoms with van der Waals surface area (Å²) in [7, 11) is 0. The van der Waals surface area contributed by atoms with E-state index in [9.17, 15) is 9.18 Å². The maximum atomic E-state index is 13.2. The minimum atomic E-state index is -0.288. The number of rotatable bonds is 5. The minimum absolute atomic E-state index is 0.160. The third-order valence-corrected chi connectivity index (χ3v) is 5.54. The van der Waals surface area contributed by atoms with Gasteiger partial charge in [0.1, 0.15) is 10.8 Å². The fourth-order valence-electron chi connectivity index (χ4n) is 3.28. The SMILES string of the molecule is Cc1cc(C(=O)NCc2nc(-c3ccncc3)cs2)c(C)n1-c1ccc(F)cc1. The lowest BCUT2D eigenvalue weighted by atomic mass is 10.2. The zero-order valence-electron chi connectivity index (χ0n) is 16.0. The number of carbonyl (C=O) groups is 1. The molecule has 146 valence electrons. The van der Waals surface area contributed by atoms with Gasteiger partial charge in [-0.25, -0.2) is 9.37 Å². The molecule has 3 heterocycles. The van der Waals surface area contributed by atoms with Crippen molar-refractivity contribution in [2.24, 2.45) is 0 Å². The monoisotopic (exact) mass is 406 g/mol. The molecular formula is C22H19FN4OS. The molecule has 0 atom stereocenters. The first-order chi connectivity index (χ1) is 14.0. The molecule has 4 aromatic rings. The molecule has 1 N–H and O–H groups in total. The summed E-state index contributed by atoms with van der Waals surface area (Å²) >= 11 is 1.51. The molecule has 0 aliphatic carbocycles. The average Bonchev–Trinajstić information content (AvgIpc) is 3.32. The number of hydrogen-bond donors (Lipinski definition) is 1. The maximum Gasteiger partial charge on any atom is 0.253 e. The highest BCUT2D eigenvalue weighted by atomic mass is 32.1. The Hall–Kier alpha value is -3.32. The quantitative estimate of drug-likeness (QED) is 0.523. The van der Waals surface area contributed by atoms with Gasteiger partial charge in [0, 0.05) is 40.4 Å². The molecule has 1 aromatic carbocycles. The van der Waals surface area contributed by atoms with Crippen molar-refractivity contribution in [2.75, 3.05) is 0 Å². The Balaban J connectivity index is 1.49. The van der Waals surface area contributed by atoms with Crippen LogP contribution < -0.4 is 5.32 Å². The summed E-state index contributed by atoms with van der Waals surface area (Å²) < 4.78 is 15.2. The summed E-state index contributed by atoms with van der Waals surface area (Å²) in [5.74, 6) is -0.448. The number of nitrogens with one attached hydrogen (secondary N) is 1. The lowest BCUT2D eigenvalue weighted by molar-refractivity contribution is 0.0950. The number of benzene rings is 1. The Bertz CT molecular complexity index is 1150. The van der Waals surface area contributed by atoms with Crippen LogP contribution in [0.5, 0.6) is 0 Å². The number of nitrogens with zero attached hydrogens (tertiary/aromatic N) is 3. The lowest BCUT2D eigenvalue weighted by Crippen LogP contribution is -2.23. The molecular weight excluding hydrogens is 387 g/mol. The largest absolute Gasteiger partial charge is 0.345 e. The van der Waals surface area contributed by atoms with Crippen LogP contribution in [0.25, 0.3) is 16.9 Å². The van der Waals surface area contributed by atoms with E-state index >= 15 is 0 Å². The van der Waals surface area contributed by atoms with Crippen LogP contribution in [0.2, 0.25) is 0 Å². The van der Waals surface area contributed by atoms with Crippen LogP contribution in [0.3, 0.4) is 0 Å². The van der Waals surface area contributed by atoms with Crippen LogP contribution in [-0.2, 0) is 6.54 Å². The van der Waals surface area contributed by atoms with Gasteiger partial charge in [0.15, 0.2) is 0 Å². The van der Waals surface area contributed by atoms with Crippen LogP contribution in [0.1, 0.15) is 26.8 Å². The molecule has 3 aromatic heterocycles. The molecule has 1 amide bonds. The number of aromatic nitrogens is 3. The number of halogens is 1. The summed E-state index contributed by atoms with van der Waals surface area (Å²) in [5.41, 5.74) is 5.00. The van der Waals surface area contributed by atoms with Crippen molar-refractivity contribution >= 4 is 17.2 Å². The molecule has 0 saturated carbocycles. The molecule has 0 unspecified atom stereocenters. The van der Waals surface area contributed by atoms with Gasteiger partial charge >= 0.3 is 0 Å². The lowest BCUT2D eigenvalue weighted by Gasteiger charge is -2.10. The van der Waals surface area contributed by atoms with E-state index in [1.54, 1.807) is 24.5 Å². The van der Waals surface area contributed by atoms with Crippen LogP contribution in [0, 0.1) is 19.7 Å². The van der Waals surface area contributed by atoms with E-state index in [1.807, 2.05) is 42.0 Å². The first-order valence-corrected chi connectivity index (χ1v) is 9.99. The predicted molar refractivity (Wildman–Crippen MR) is 112 cm³/mol. The molecule has 4 rings (SSSR count). The van der Waals surface area contributed by atoms with Crippen LogP contribution in [-0.4, -0.2) is 20.4 Å². The van der Waals surface area contributed by atoms with E-state index in [4.69, 9.17) is 0 Å². The van der Waals surface area contributed by atoms with E-state index < -0.39 is 0 Å². The normalized spacial score (nSPS) is 10.9. The zero-order valence-corrected chi connectivity index (χ0v) is 16.8. The predicted octanol–water partition coefficient (Wildman–Crippen LogP) is 4.68. The molecule has 0 saturated heterocycles. The van der Waals surface area contributed by atoms with E-state index in [2.05, 4.69) is 15.3 Å². The zero-order chi connectivity index (χ0) is 20.4. The van der Waals surface area contributed by atoms with Crippen molar-refractivity contribution in [3.8, 4) is 16.9 Å². The summed E-state index contributed by atoms with van der Waals surface area (Å²) in [6.07, 6.45) is 3.46. The van der Waals surface area contributed by atoms with Gasteiger partial charge in [-0.2, -0.15) is 0 Å². The second-order valence-corrected chi connectivity index (χ2v) is 7.58. The van der Waals surface area contributed by atoms with Gasteiger partial charge in [-0.15, -0.1) is 11.3 Å². The smallest absolute Gasteiger partial charge is 0.253 e. The molecule has 0 aliphatic rings. The summed E-state index contributed by atoms with van der Waals surface area (Å²) in [5, 5.41) is 5.75. The summed E-state index contributed by atoms with van der Waals surface area (Å²) in [6.45, 7) is 4.17. The highest BCUT2D eigenvalue weighted by molar-refractivity contribution is 7.09. The van der Waals surface area contributed by atoms with Crippen molar-refractivity contribution in [1.29, 1.82) is 0 Å². The molecule has 0 bridgehead atoms. The summed E-state index contributed by atoms with van der Waals surface area (Å²) in [4.78, 5) is 21.3. The van der Waals surface area contributed by atoms with Crippen molar-refractivity contribution in [2.45, 2.75) is 20.4 Å². The second-order valence-electron chi connectivity index (χ2n) is 6.64. The van der Waals surface area contributed by atoms with E-state index in [1.165, 1.54) is 23.5 Å². The standard InChI is InChI=1S/C22H19FN4OS/c1-14-11-19(15(2)27(14)18-5-3-17(23)4-6-18)22(28)25-12-21-26-20(13-29-21)16-7-9-24-10-8-16/h3-11,13H,12H2,1-2H3,(H,25,28). The number of amides is 1. The Morgan fingerprint density at radius 3 is 2.59 bits per heavy atom. The molecule has 0 radical (unpaired) electrons. The van der Waals surface area contributed by atoms with E-state index in [-0.39, 0.29) is 11.7 Å². The van der Waals surface area contributed by atoms with Crippen molar-refractivity contribution in [3.63, 3.8) is 0 Å². The van der Waals surface area contributed by atoms with Gasteiger partial charge in [-0.3, -0.25) is 9.78 Å². The third-order valence-electron chi connectivity index (χ3n) is 4.69. The van der Waals surface area contributed by atoms with E-state index in [0.717, 1.165) is 33.3 Å². The van der Waals surface area contributed by atoms with Crippen molar-refractivity contribution in [1.82, 2.24) is 19.9 Å². The fourth-order valence-corrected chi connectivity index (χ4v) is 4.02. The third kappa shape index (κ3) is 3.95. The van der Waals surface area contributed by atoms with Crippen molar-refractivity contribution in [3.05, 3.63) is 88.0 Å². The minimum Gasteiger partial charge on any atom is -0.345 e. The molecule has 0 spiro atoms. The van der Waals surface area contributed by atoms with Gasteiger partial charge in [0.25, 0.3) is 5.91 Å². The number of hydrogen-bond acceptors (Lipinski definition) is 4. The summed E-state index contributed by atoms with van der Waals surface area (Å²) in [6, 6.07) is 11.9. The highest BCUT2D eigenvalue weighted by Gasteiger charge is 2.17. The molecule has 7 heteroatoms. The highest BCUT2D eigenvalue weighted by Crippen LogP contribution is 2.23. The van der Waals surface area contributed by atoms with Crippen LogP contribution >= 0.6 is 11.3 Å². The van der Waals surface area contributed by atoms with Gasteiger partial charge in [0.2, 0.25) is 0 Å². The maximum absolute atomic E-state index is 13.2. The Morgan fingerprint density at radius 1 is 1.14 bits per heavy atom. The molecule has 0 fully saturated rings. The van der Waals surface area contributed by atoms with Crippen LogP contribution in [0.4, 0.5) is 4.39 Å². The average molecular weight is 406 g/mol. The second kappa shape index (κ2) is 7.97. The van der Waals surface area contributed by atoms with E-state index in [0.29, 0.717) is 12.1 Å². The van der Waals surface area contributed by atoms with Gasteiger partial charge in [0.05, 0.1) is 17.8 Å². The molecule has 5 nitrogen and oxygen atoms in total.